The largest absolute Gasteiger partial charge is 0.461 e. The third kappa shape index (κ3) is 1.93. The van der Waals surface area contributed by atoms with Gasteiger partial charge in [-0.25, -0.2) is 4.39 Å². The summed E-state index contributed by atoms with van der Waals surface area (Å²) in [6.07, 6.45) is 1.04. The van der Waals surface area contributed by atoms with Crippen LogP contribution >= 0.6 is 0 Å². The zero-order valence-corrected chi connectivity index (χ0v) is 10.8. The predicted molar refractivity (Wildman–Crippen MR) is 70.3 cm³/mol. The van der Waals surface area contributed by atoms with Crippen LogP contribution in [-0.2, 0) is 0 Å². The highest BCUT2D eigenvalue weighted by Gasteiger charge is 2.26. The van der Waals surface area contributed by atoms with Gasteiger partial charge in [0.1, 0.15) is 17.2 Å². The lowest BCUT2D eigenvalue weighted by Gasteiger charge is -2.29. The van der Waals surface area contributed by atoms with Gasteiger partial charge in [-0.3, -0.25) is 0 Å². The molecule has 2 aromatic rings. The smallest absolute Gasteiger partial charge is 0.137 e. The van der Waals surface area contributed by atoms with Gasteiger partial charge < -0.3 is 9.73 Å². The number of hydrogen-bond donors (Lipinski definition) is 1. The van der Waals surface area contributed by atoms with Crippen molar-refractivity contribution in [2.24, 2.45) is 5.92 Å². The van der Waals surface area contributed by atoms with Crippen LogP contribution in [0, 0.1) is 18.7 Å². The highest BCUT2D eigenvalue weighted by atomic mass is 19.1. The summed E-state index contributed by atoms with van der Waals surface area (Å²) in [7, 11) is 0. The minimum atomic E-state index is -0.163. The Morgan fingerprint density at radius 3 is 2.94 bits per heavy atom. The van der Waals surface area contributed by atoms with E-state index in [-0.39, 0.29) is 5.82 Å². The number of hydrogen-bond acceptors (Lipinski definition) is 2. The van der Waals surface area contributed by atoms with Crippen molar-refractivity contribution in [3.63, 3.8) is 0 Å². The van der Waals surface area contributed by atoms with Crippen LogP contribution in [0.1, 0.15) is 30.6 Å². The molecule has 1 aromatic heterocycles. The Morgan fingerprint density at radius 2 is 2.17 bits per heavy atom. The fourth-order valence-electron chi connectivity index (χ4n) is 3.02. The van der Waals surface area contributed by atoms with E-state index in [4.69, 9.17) is 4.42 Å². The molecule has 2 heterocycles. The minimum absolute atomic E-state index is 0.163. The van der Waals surface area contributed by atoms with Gasteiger partial charge in [-0.15, -0.1) is 0 Å². The molecule has 0 spiro atoms. The molecule has 1 aliphatic heterocycles. The summed E-state index contributed by atoms with van der Waals surface area (Å²) in [5, 5.41) is 4.26. The third-order valence-corrected chi connectivity index (χ3v) is 3.92. The Hall–Kier alpha value is -1.35. The Labute approximate surface area is 106 Å². The summed E-state index contributed by atoms with van der Waals surface area (Å²) in [4.78, 5) is 0. The van der Waals surface area contributed by atoms with Crippen LogP contribution in [0.5, 0.6) is 0 Å². The molecular formula is C15H18FNO. The number of fused-ring (bicyclic) bond motifs is 1. The first kappa shape index (κ1) is 11.7. The zero-order chi connectivity index (χ0) is 12.7. The van der Waals surface area contributed by atoms with Gasteiger partial charge in [0, 0.05) is 10.9 Å². The second-order valence-electron chi connectivity index (χ2n) is 5.35. The summed E-state index contributed by atoms with van der Waals surface area (Å²) < 4.78 is 19.5. The van der Waals surface area contributed by atoms with E-state index in [1.165, 1.54) is 0 Å². The molecule has 3 heteroatoms. The van der Waals surface area contributed by atoms with E-state index in [2.05, 4.69) is 12.2 Å². The van der Waals surface area contributed by atoms with Gasteiger partial charge in [0.25, 0.3) is 0 Å². The molecule has 96 valence electrons. The number of rotatable bonds is 1. The minimum Gasteiger partial charge on any atom is -0.461 e. The quantitative estimate of drug-likeness (QED) is 0.833. The molecule has 18 heavy (non-hydrogen) atoms. The number of furan rings is 1. The summed E-state index contributed by atoms with van der Waals surface area (Å²) in [5.74, 6) is 1.58. The summed E-state index contributed by atoms with van der Waals surface area (Å²) in [5.41, 5.74) is 1.90. The average Bonchev–Trinajstić information content (AvgIpc) is 2.69. The Morgan fingerprint density at radius 1 is 1.33 bits per heavy atom. The van der Waals surface area contributed by atoms with Crippen molar-refractivity contribution in [1.82, 2.24) is 5.32 Å². The molecule has 1 N–H and O–H groups in total. The van der Waals surface area contributed by atoms with Gasteiger partial charge in [0.05, 0.1) is 0 Å². The number of benzene rings is 1. The highest BCUT2D eigenvalue weighted by molar-refractivity contribution is 5.81. The Balaban J connectivity index is 2.14. The average molecular weight is 247 g/mol. The Bertz CT molecular complexity index is 575. The fourth-order valence-corrected chi connectivity index (χ4v) is 3.02. The molecule has 1 saturated heterocycles. The maximum Gasteiger partial charge on any atom is 0.137 e. The molecule has 0 unspecified atom stereocenters. The van der Waals surface area contributed by atoms with Gasteiger partial charge in [-0.1, -0.05) is 6.92 Å². The Kier molecular flexibility index (Phi) is 2.86. The van der Waals surface area contributed by atoms with Crippen molar-refractivity contribution in [2.45, 2.75) is 26.2 Å². The second kappa shape index (κ2) is 4.39. The molecule has 0 radical (unpaired) electrons. The monoisotopic (exact) mass is 247 g/mol. The molecule has 1 aliphatic rings. The number of halogens is 1. The third-order valence-electron chi connectivity index (χ3n) is 3.92. The van der Waals surface area contributed by atoms with Crippen LogP contribution in [0.15, 0.2) is 22.6 Å². The van der Waals surface area contributed by atoms with E-state index < -0.39 is 0 Å². The van der Waals surface area contributed by atoms with Gasteiger partial charge >= 0.3 is 0 Å². The normalized spacial score (nSPS) is 24.6. The number of nitrogens with one attached hydrogen (secondary N) is 1. The van der Waals surface area contributed by atoms with E-state index in [1.807, 2.05) is 13.0 Å². The number of aryl methyl sites for hydroxylation is 1. The van der Waals surface area contributed by atoms with E-state index in [9.17, 15) is 4.39 Å². The first-order valence-electron chi connectivity index (χ1n) is 6.55. The summed E-state index contributed by atoms with van der Waals surface area (Å²) in [6, 6.07) is 5.12. The molecule has 2 nitrogen and oxygen atoms in total. The van der Waals surface area contributed by atoms with Crippen molar-refractivity contribution in [3.8, 4) is 0 Å². The van der Waals surface area contributed by atoms with Crippen LogP contribution in [0.3, 0.4) is 0 Å². The van der Waals surface area contributed by atoms with Crippen molar-refractivity contribution in [3.05, 3.63) is 35.3 Å². The van der Waals surface area contributed by atoms with Gasteiger partial charge in [-0.05, 0) is 56.5 Å². The molecule has 2 atom stereocenters. The fraction of sp³-hybridized carbons (Fsp3) is 0.467. The lowest BCUT2D eigenvalue weighted by Crippen LogP contribution is -2.33. The van der Waals surface area contributed by atoms with E-state index in [0.29, 0.717) is 11.8 Å². The molecule has 0 saturated carbocycles. The van der Waals surface area contributed by atoms with Gasteiger partial charge in [0.15, 0.2) is 0 Å². The molecule has 1 fully saturated rings. The van der Waals surface area contributed by atoms with Gasteiger partial charge in [0.2, 0.25) is 0 Å². The molecule has 1 aromatic carbocycles. The van der Waals surface area contributed by atoms with Crippen LogP contribution in [-0.4, -0.2) is 13.1 Å². The van der Waals surface area contributed by atoms with Crippen LogP contribution < -0.4 is 5.32 Å². The van der Waals surface area contributed by atoms with Crippen molar-refractivity contribution in [1.29, 1.82) is 0 Å². The van der Waals surface area contributed by atoms with Crippen LogP contribution in [0.25, 0.3) is 11.0 Å². The highest BCUT2D eigenvalue weighted by Crippen LogP contribution is 2.36. The molecule has 0 aliphatic carbocycles. The van der Waals surface area contributed by atoms with E-state index in [0.717, 1.165) is 41.8 Å². The first-order chi connectivity index (χ1) is 8.65. The molecule has 0 bridgehead atoms. The zero-order valence-electron chi connectivity index (χ0n) is 10.8. The first-order valence-corrected chi connectivity index (χ1v) is 6.55. The summed E-state index contributed by atoms with van der Waals surface area (Å²) >= 11 is 0. The lowest BCUT2D eigenvalue weighted by molar-refractivity contribution is 0.348. The second-order valence-corrected chi connectivity index (χ2v) is 5.35. The predicted octanol–water partition coefficient (Wildman–Crippen LogP) is 3.59. The maximum absolute atomic E-state index is 13.7. The van der Waals surface area contributed by atoms with Crippen molar-refractivity contribution in [2.75, 3.05) is 13.1 Å². The lowest BCUT2D eigenvalue weighted by atomic mass is 9.82. The number of piperidine rings is 1. The maximum atomic E-state index is 13.7. The van der Waals surface area contributed by atoms with E-state index >= 15 is 0 Å². The van der Waals surface area contributed by atoms with Gasteiger partial charge in [-0.2, -0.15) is 0 Å². The van der Waals surface area contributed by atoms with Crippen molar-refractivity contribution >= 4 is 11.0 Å². The molecule has 3 rings (SSSR count). The molecule has 0 amide bonds. The SMILES string of the molecule is Cc1cc2cc(F)cc([C@H]3CCNC[C@H]3C)c2o1. The van der Waals surface area contributed by atoms with Crippen LogP contribution in [0.2, 0.25) is 0 Å². The van der Waals surface area contributed by atoms with Crippen LogP contribution in [0.4, 0.5) is 4.39 Å². The molecular weight excluding hydrogens is 229 g/mol. The standard InChI is InChI=1S/C15H18FNO/c1-9-8-17-4-3-13(9)14-7-12(16)6-11-5-10(2)18-15(11)14/h5-7,9,13,17H,3-4,8H2,1-2H3/t9-,13+/m1/s1. The van der Waals surface area contributed by atoms with E-state index in [1.54, 1.807) is 12.1 Å². The topological polar surface area (TPSA) is 25.2 Å². The van der Waals surface area contributed by atoms with Crippen molar-refractivity contribution < 1.29 is 8.81 Å². The summed E-state index contributed by atoms with van der Waals surface area (Å²) in [6.45, 7) is 6.10.